The summed E-state index contributed by atoms with van der Waals surface area (Å²) in [5.74, 6) is 0.168. The molecule has 1 aromatic heterocycles. The van der Waals surface area contributed by atoms with E-state index in [1.165, 1.54) is 16.6 Å². The third-order valence-corrected chi connectivity index (χ3v) is 4.19. The van der Waals surface area contributed by atoms with Gasteiger partial charge in [0.25, 0.3) is 0 Å². The number of benzene rings is 1. The smallest absolute Gasteiger partial charge is 0.162 e. The van der Waals surface area contributed by atoms with Gasteiger partial charge in [-0.15, -0.1) is 0 Å². The van der Waals surface area contributed by atoms with Gasteiger partial charge < -0.3 is 4.57 Å². The van der Waals surface area contributed by atoms with E-state index in [0.717, 1.165) is 36.3 Å². The van der Waals surface area contributed by atoms with Gasteiger partial charge in [0.2, 0.25) is 0 Å². The maximum Gasteiger partial charge on any atom is 0.162 e. The van der Waals surface area contributed by atoms with E-state index in [9.17, 15) is 4.79 Å². The summed E-state index contributed by atoms with van der Waals surface area (Å²) in [7, 11) is 2.13. The Labute approximate surface area is 113 Å². The highest BCUT2D eigenvalue weighted by Crippen LogP contribution is 2.32. The lowest BCUT2D eigenvalue weighted by atomic mass is 10.0. The molecule has 0 fully saturated rings. The molecule has 0 N–H and O–H groups in total. The fourth-order valence-electron chi connectivity index (χ4n) is 3.39. The number of fused-ring (bicyclic) bond motifs is 2. The summed E-state index contributed by atoms with van der Waals surface area (Å²) >= 11 is 0. The summed E-state index contributed by atoms with van der Waals surface area (Å²) in [6.45, 7) is 8.76. The van der Waals surface area contributed by atoms with Crippen molar-refractivity contribution in [2.24, 2.45) is 0 Å². The highest BCUT2D eigenvalue weighted by molar-refractivity contribution is 6.08. The number of aromatic nitrogens is 1. The second kappa shape index (κ2) is 4.20. The minimum Gasteiger partial charge on any atom is -0.344 e. The SMILES string of the molecule is CCn1c(C)c(C(C)=O)c2cc3c(cc21)CN(C)C3. The van der Waals surface area contributed by atoms with Crippen molar-refractivity contribution >= 4 is 16.7 Å². The van der Waals surface area contributed by atoms with E-state index in [1.807, 2.05) is 0 Å². The molecular weight excluding hydrogens is 236 g/mol. The van der Waals surface area contributed by atoms with Gasteiger partial charge >= 0.3 is 0 Å². The van der Waals surface area contributed by atoms with Gasteiger partial charge in [0.15, 0.2) is 5.78 Å². The number of hydrogen-bond donors (Lipinski definition) is 0. The summed E-state index contributed by atoms with van der Waals surface area (Å²) in [6.07, 6.45) is 0. The predicted molar refractivity (Wildman–Crippen MR) is 77.5 cm³/mol. The Morgan fingerprint density at radius 2 is 1.89 bits per heavy atom. The molecule has 2 heterocycles. The quantitative estimate of drug-likeness (QED) is 0.771. The third kappa shape index (κ3) is 1.72. The van der Waals surface area contributed by atoms with Crippen LogP contribution in [0.3, 0.4) is 0 Å². The van der Waals surface area contributed by atoms with Gasteiger partial charge in [0.1, 0.15) is 0 Å². The largest absolute Gasteiger partial charge is 0.344 e. The number of hydrogen-bond acceptors (Lipinski definition) is 2. The van der Waals surface area contributed by atoms with Crippen molar-refractivity contribution in [1.82, 2.24) is 9.47 Å². The minimum atomic E-state index is 0.168. The van der Waals surface area contributed by atoms with Crippen molar-refractivity contribution in [1.29, 1.82) is 0 Å². The first-order valence-corrected chi connectivity index (χ1v) is 6.87. The topological polar surface area (TPSA) is 25.2 Å². The summed E-state index contributed by atoms with van der Waals surface area (Å²) < 4.78 is 2.25. The molecule has 100 valence electrons. The number of carbonyl (C=O) groups is 1. The van der Waals surface area contributed by atoms with Gasteiger partial charge in [-0.3, -0.25) is 9.69 Å². The molecule has 0 atom stereocenters. The van der Waals surface area contributed by atoms with Crippen LogP contribution < -0.4 is 0 Å². The molecule has 0 aliphatic carbocycles. The Bertz CT molecular complexity index is 682. The molecule has 0 radical (unpaired) electrons. The molecule has 1 aromatic carbocycles. The first-order valence-electron chi connectivity index (χ1n) is 6.87. The molecule has 1 aliphatic rings. The maximum atomic E-state index is 12.0. The van der Waals surface area contributed by atoms with Gasteiger partial charge in [-0.05, 0) is 51.1 Å². The molecule has 0 bridgehead atoms. The maximum absolute atomic E-state index is 12.0. The van der Waals surface area contributed by atoms with Gasteiger partial charge in [-0.2, -0.15) is 0 Å². The first kappa shape index (κ1) is 12.4. The van der Waals surface area contributed by atoms with Crippen molar-refractivity contribution < 1.29 is 4.79 Å². The molecule has 0 saturated carbocycles. The summed E-state index contributed by atoms with van der Waals surface area (Å²) in [5, 5.41) is 1.13. The van der Waals surface area contributed by atoms with Crippen LogP contribution in [0.4, 0.5) is 0 Å². The number of aryl methyl sites for hydroxylation is 1. The fraction of sp³-hybridized carbons (Fsp3) is 0.438. The van der Waals surface area contributed by atoms with Crippen LogP contribution >= 0.6 is 0 Å². The number of ketones is 1. The minimum absolute atomic E-state index is 0.168. The van der Waals surface area contributed by atoms with E-state index in [1.54, 1.807) is 6.92 Å². The molecule has 2 aromatic rings. The van der Waals surface area contributed by atoms with E-state index in [4.69, 9.17) is 0 Å². The van der Waals surface area contributed by atoms with E-state index >= 15 is 0 Å². The summed E-state index contributed by atoms with van der Waals surface area (Å²) in [6, 6.07) is 4.50. The normalized spacial score (nSPS) is 15.2. The zero-order valence-electron chi connectivity index (χ0n) is 12.1. The van der Waals surface area contributed by atoms with Gasteiger partial charge in [-0.1, -0.05) is 0 Å². The molecular formula is C16H20N2O. The van der Waals surface area contributed by atoms with Crippen LogP contribution in [0.15, 0.2) is 12.1 Å². The lowest BCUT2D eigenvalue weighted by Gasteiger charge is -2.05. The zero-order valence-corrected chi connectivity index (χ0v) is 12.1. The van der Waals surface area contributed by atoms with Crippen LogP contribution in [0.5, 0.6) is 0 Å². The van der Waals surface area contributed by atoms with E-state index in [2.05, 4.69) is 42.5 Å². The first-order chi connectivity index (χ1) is 9.02. The van der Waals surface area contributed by atoms with Crippen LogP contribution in [-0.2, 0) is 19.6 Å². The number of nitrogens with zero attached hydrogens (tertiary/aromatic N) is 2. The number of carbonyl (C=O) groups excluding carboxylic acids is 1. The molecule has 1 aliphatic heterocycles. The van der Waals surface area contributed by atoms with Gasteiger partial charge in [-0.25, -0.2) is 0 Å². The van der Waals surface area contributed by atoms with E-state index < -0.39 is 0 Å². The number of Topliss-reactive ketones (excluding diaryl/α,β-unsaturated/α-hetero) is 1. The fourth-order valence-corrected chi connectivity index (χ4v) is 3.39. The average Bonchev–Trinajstić information content (AvgIpc) is 2.80. The Hall–Kier alpha value is -1.61. The molecule has 0 unspecified atom stereocenters. The van der Waals surface area contributed by atoms with Crippen molar-refractivity contribution in [3.8, 4) is 0 Å². The van der Waals surface area contributed by atoms with Gasteiger partial charge in [0.05, 0.1) is 0 Å². The molecule has 0 saturated heterocycles. The van der Waals surface area contributed by atoms with Crippen LogP contribution in [-0.4, -0.2) is 22.3 Å². The second-order valence-corrected chi connectivity index (χ2v) is 5.57. The van der Waals surface area contributed by atoms with Crippen LogP contribution in [0.1, 0.15) is 41.0 Å². The Morgan fingerprint density at radius 1 is 1.26 bits per heavy atom. The van der Waals surface area contributed by atoms with Crippen LogP contribution in [0, 0.1) is 6.92 Å². The predicted octanol–water partition coefficient (Wildman–Crippen LogP) is 3.12. The highest BCUT2D eigenvalue weighted by Gasteiger charge is 2.22. The van der Waals surface area contributed by atoms with Crippen molar-refractivity contribution in [3.05, 3.63) is 34.5 Å². The van der Waals surface area contributed by atoms with E-state index in [-0.39, 0.29) is 5.78 Å². The van der Waals surface area contributed by atoms with Crippen molar-refractivity contribution in [2.45, 2.75) is 40.4 Å². The molecule has 3 nitrogen and oxygen atoms in total. The van der Waals surface area contributed by atoms with Gasteiger partial charge in [0, 0.05) is 41.8 Å². The molecule has 0 spiro atoms. The highest BCUT2D eigenvalue weighted by atomic mass is 16.1. The van der Waals surface area contributed by atoms with Crippen LogP contribution in [0.2, 0.25) is 0 Å². The Balaban J connectivity index is 2.35. The average molecular weight is 256 g/mol. The van der Waals surface area contributed by atoms with Crippen molar-refractivity contribution in [3.63, 3.8) is 0 Å². The monoisotopic (exact) mass is 256 g/mol. The summed E-state index contributed by atoms with van der Waals surface area (Å²) in [4.78, 5) is 14.3. The van der Waals surface area contributed by atoms with E-state index in [0.29, 0.717) is 0 Å². The standard InChI is InChI=1S/C16H20N2O/c1-5-18-10(2)16(11(3)19)14-6-12-8-17(4)9-13(12)7-15(14)18/h6-7H,5,8-9H2,1-4H3. The Morgan fingerprint density at radius 3 is 2.47 bits per heavy atom. The van der Waals surface area contributed by atoms with Crippen LogP contribution in [0.25, 0.3) is 10.9 Å². The Kier molecular flexibility index (Phi) is 2.75. The second-order valence-electron chi connectivity index (χ2n) is 5.57. The number of rotatable bonds is 2. The molecule has 19 heavy (non-hydrogen) atoms. The lowest BCUT2D eigenvalue weighted by molar-refractivity contribution is 0.101. The third-order valence-electron chi connectivity index (χ3n) is 4.19. The molecule has 0 amide bonds. The van der Waals surface area contributed by atoms with Crippen molar-refractivity contribution in [2.75, 3.05) is 7.05 Å². The lowest BCUT2D eigenvalue weighted by Crippen LogP contribution is -2.07. The summed E-state index contributed by atoms with van der Waals surface area (Å²) in [5.41, 5.74) is 5.97. The zero-order chi connectivity index (χ0) is 13.7. The molecule has 3 heteroatoms. The molecule has 3 rings (SSSR count).